The molecule has 1 aromatic carbocycles. The van der Waals surface area contributed by atoms with Crippen LogP contribution in [-0.2, 0) is 6.54 Å². The number of nitrogens with one attached hydrogen (secondary N) is 2. The van der Waals surface area contributed by atoms with Gasteiger partial charge in [-0.3, -0.25) is 0 Å². The monoisotopic (exact) mass is 276 g/mol. The third-order valence-corrected chi connectivity index (χ3v) is 3.53. The van der Waals surface area contributed by atoms with Gasteiger partial charge >= 0.3 is 6.03 Å². The van der Waals surface area contributed by atoms with E-state index in [9.17, 15) is 4.79 Å². The number of nitrogens with zero attached hydrogens (tertiary/aromatic N) is 1. The first-order chi connectivity index (χ1) is 9.67. The number of urea groups is 1. The molecule has 4 N–H and O–H groups in total. The maximum absolute atomic E-state index is 11.9. The third kappa shape index (κ3) is 4.51. The lowest BCUT2D eigenvalue weighted by Gasteiger charge is -2.21. The van der Waals surface area contributed by atoms with Crippen LogP contribution in [0.25, 0.3) is 0 Å². The van der Waals surface area contributed by atoms with Crippen LogP contribution in [0.3, 0.4) is 0 Å². The van der Waals surface area contributed by atoms with Crippen molar-refractivity contribution in [1.82, 2.24) is 10.2 Å². The Bertz CT molecular complexity index is 443. The van der Waals surface area contributed by atoms with Crippen LogP contribution in [0.15, 0.2) is 24.3 Å². The van der Waals surface area contributed by atoms with E-state index >= 15 is 0 Å². The number of rotatable bonds is 5. The molecule has 0 radical (unpaired) electrons. The van der Waals surface area contributed by atoms with E-state index in [0.717, 1.165) is 30.9 Å². The molecule has 1 atom stereocenters. The Balaban J connectivity index is 1.78. The lowest BCUT2D eigenvalue weighted by molar-refractivity contribution is 0.242. The van der Waals surface area contributed by atoms with Crippen molar-refractivity contribution in [1.29, 1.82) is 0 Å². The number of carbonyl (C=O) groups is 1. The smallest absolute Gasteiger partial charge is 0.319 e. The predicted molar refractivity (Wildman–Crippen MR) is 81.6 cm³/mol. The van der Waals surface area contributed by atoms with Gasteiger partial charge in [0.2, 0.25) is 0 Å². The molecule has 0 spiro atoms. The van der Waals surface area contributed by atoms with E-state index in [0.29, 0.717) is 6.54 Å². The van der Waals surface area contributed by atoms with E-state index in [1.54, 1.807) is 0 Å². The summed E-state index contributed by atoms with van der Waals surface area (Å²) < 4.78 is 0. The second kappa shape index (κ2) is 7.26. The Morgan fingerprint density at radius 3 is 2.85 bits per heavy atom. The number of amides is 2. The molecule has 0 bridgehead atoms. The quantitative estimate of drug-likeness (QED) is 0.767. The summed E-state index contributed by atoms with van der Waals surface area (Å²) in [6.45, 7) is 5.71. The first kappa shape index (κ1) is 14.8. The van der Waals surface area contributed by atoms with Gasteiger partial charge in [0.25, 0.3) is 0 Å². The fraction of sp³-hybridized carbons (Fsp3) is 0.533. The SMILES string of the molecule is CC(CN1CCCC1)NC(=O)Nc1cccc(CN)c1. The topological polar surface area (TPSA) is 70.4 Å². The van der Waals surface area contributed by atoms with E-state index in [4.69, 9.17) is 5.73 Å². The van der Waals surface area contributed by atoms with Gasteiger partial charge in [0.15, 0.2) is 0 Å². The normalized spacial score (nSPS) is 16.9. The van der Waals surface area contributed by atoms with Crippen molar-refractivity contribution in [3.8, 4) is 0 Å². The molecule has 110 valence electrons. The van der Waals surface area contributed by atoms with Gasteiger partial charge < -0.3 is 21.3 Å². The van der Waals surface area contributed by atoms with E-state index in [1.807, 2.05) is 31.2 Å². The van der Waals surface area contributed by atoms with Crippen LogP contribution in [0.4, 0.5) is 10.5 Å². The van der Waals surface area contributed by atoms with Crippen molar-refractivity contribution in [2.24, 2.45) is 5.73 Å². The summed E-state index contributed by atoms with van der Waals surface area (Å²) in [6.07, 6.45) is 2.54. The highest BCUT2D eigenvalue weighted by atomic mass is 16.2. The average molecular weight is 276 g/mol. The van der Waals surface area contributed by atoms with Crippen LogP contribution in [0.1, 0.15) is 25.3 Å². The Morgan fingerprint density at radius 2 is 2.15 bits per heavy atom. The van der Waals surface area contributed by atoms with Crippen LogP contribution in [0, 0.1) is 0 Å². The maximum atomic E-state index is 11.9. The van der Waals surface area contributed by atoms with Crippen molar-refractivity contribution in [3.63, 3.8) is 0 Å². The van der Waals surface area contributed by atoms with E-state index in [2.05, 4.69) is 15.5 Å². The Hall–Kier alpha value is -1.59. The molecule has 1 fully saturated rings. The van der Waals surface area contributed by atoms with Gasteiger partial charge in [-0.25, -0.2) is 4.79 Å². The number of nitrogens with two attached hydrogens (primary N) is 1. The molecule has 0 aliphatic carbocycles. The zero-order valence-electron chi connectivity index (χ0n) is 12.1. The summed E-state index contributed by atoms with van der Waals surface area (Å²) in [6, 6.07) is 7.58. The van der Waals surface area contributed by atoms with Gasteiger partial charge in [0.05, 0.1) is 0 Å². The number of hydrogen-bond acceptors (Lipinski definition) is 3. The number of benzene rings is 1. The minimum absolute atomic E-state index is 0.144. The minimum atomic E-state index is -0.161. The number of hydrogen-bond donors (Lipinski definition) is 3. The van der Waals surface area contributed by atoms with Gasteiger partial charge in [0, 0.05) is 24.8 Å². The molecular weight excluding hydrogens is 252 g/mol. The zero-order valence-corrected chi connectivity index (χ0v) is 12.1. The molecule has 1 aromatic rings. The molecule has 20 heavy (non-hydrogen) atoms. The summed E-state index contributed by atoms with van der Waals surface area (Å²) in [5, 5.41) is 5.82. The number of carbonyl (C=O) groups excluding carboxylic acids is 1. The summed E-state index contributed by atoms with van der Waals surface area (Å²) in [4.78, 5) is 14.3. The van der Waals surface area contributed by atoms with Crippen molar-refractivity contribution in [3.05, 3.63) is 29.8 Å². The van der Waals surface area contributed by atoms with Gasteiger partial charge in [-0.05, 0) is 50.6 Å². The molecule has 2 rings (SSSR count). The molecule has 5 heteroatoms. The van der Waals surface area contributed by atoms with Crippen LogP contribution in [0.2, 0.25) is 0 Å². The molecule has 0 saturated carbocycles. The van der Waals surface area contributed by atoms with Crippen LogP contribution in [0.5, 0.6) is 0 Å². The Labute approximate surface area is 120 Å². The number of likely N-dealkylation sites (tertiary alicyclic amines) is 1. The molecule has 1 aliphatic rings. The Morgan fingerprint density at radius 1 is 1.40 bits per heavy atom. The predicted octanol–water partition coefficient (Wildman–Crippen LogP) is 1.75. The van der Waals surface area contributed by atoms with Crippen molar-refractivity contribution in [2.45, 2.75) is 32.4 Å². The molecule has 1 aliphatic heterocycles. The minimum Gasteiger partial charge on any atom is -0.334 e. The summed E-state index contributed by atoms with van der Waals surface area (Å²) in [5.74, 6) is 0. The molecule has 0 aromatic heterocycles. The highest BCUT2D eigenvalue weighted by Crippen LogP contribution is 2.10. The molecule has 2 amide bonds. The van der Waals surface area contributed by atoms with Gasteiger partial charge in [0.1, 0.15) is 0 Å². The summed E-state index contributed by atoms with van der Waals surface area (Å²) in [7, 11) is 0. The zero-order chi connectivity index (χ0) is 14.4. The largest absolute Gasteiger partial charge is 0.334 e. The van der Waals surface area contributed by atoms with Crippen molar-refractivity contribution < 1.29 is 4.79 Å². The number of anilines is 1. The second-order valence-corrected chi connectivity index (χ2v) is 5.41. The van der Waals surface area contributed by atoms with Gasteiger partial charge in [-0.15, -0.1) is 0 Å². The lowest BCUT2D eigenvalue weighted by Crippen LogP contribution is -2.42. The molecule has 1 heterocycles. The van der Waals surface area contributed by atoms with Gasteiger partial charge in [-0.2, -0.15) is 0 Å². The average Bonchev–Trinajstić information content (AvgIpc) is 2.91. The summed E-state index contributed by atoms with van der Waals surface area (Å²) in [5.41, 5.74) is 7.37. The first-order valence-electron chi connectivity index (χ1n) is 7.26. The highest BCUT2D eigenvalue weighted by molar-refractivity contribution is 5.89. The van der Waals surface area contributed by atoms with Crippen molar-refractivity contribution >= 4 is 11.7 Å². The molecule has 1 unspecified atom stereocenters. The maximum Gasteiger partial charge on any atom is 0.319 e. The summed E-state index contributed by atoms with van der Waals surface area (Å²) >= 11 is 0. The van der Waals surface area contributed by atoms with Crippen molar-refractivity contribution in [2.75, 3.05) is 25.0 Å². The fourth-order valence-electron chi connectivity index (χ4n) is 2.57. The van der Waals surface area contributed by atoms with Crippen LogP contribution in [-0.4, -0.2) is 36.6 Å². The molecule has 1 saturated heterocycles. The third-order valence-electron chi connectivity index (χ3n) is 3.53. The second-order valence-electron chi connectivity index (χ2n) is 5.41. The van der Waals surface area contributed by atoms with Gasteiger partial charge in [-0.1, -0.05) is 12.1 Å². The first-order valence-corrected chi connectivity index (χ1v) is 7.26. The van der Waals surface area contributed by atoms with Crippen LogP contribution < -0.4 is 16.4 Å². The highest BCUT2D eigenvalue weighted by Gasteiger charge is 2.15. The Kier molecular flexibility index (Phi) is 5.38. The van der Waals surface area contributed by atoms with E-state index in [-0.39, 0.29) is 12.1 Å². The van der Waals surface area contributed by atoms with E-state index in [1.165, 1.54) is 12.8 Å². The fourth-order valence-corrected chi connectivity index (χ4v) is 2.57. The standard InChI is InChI=1S/C15H24N4O/c1-12(11-19-7-2-3-8-19)17-15(20)18-14-6-4-5-13(9-14)10-16/h4-6,9,12H,2-3,7-8,10-11,16H2,1H3,(H2,17,18,20). The van der Waals surface area contributed by atoms with Crippen LogP contribution >= 0.6 is 0 Å². The van der Waals surface area contributed by atoms with E-state index < -0.39 is 0 Å². The molecule has 5 nitrogen and oxygen atoms in total. The lowest BCUT2D eigenvalue weighted by atomic mass is 10.2. The molecular formula is C15H24N4O.